The van der Waals surface area contributed by atoms with Crippen molar-refractivity contribution in [2.24, 2.45) is 17.8 Å². The minimum Gasteiger partial charge on any atom is -0.481 e. The maximum absolute atomic E-state index is 12.7. The van der Waals surface area contributed by atoms with Crippen molar-refractivity contribution in [1.29, 1.82) is 0 Å². The zero-order chi connectivity index (χ0) is 19.4. The Morgan fingerprint density at radius 2 is 1.70 bits per heavy atom. The first kappa shape index (κ1) is 20.2. The van der Waals surface area contributed by atoms with Crippen molar-refractivity contribution in [2.75, 3.05) is 13.1 Å². The lowest BCUT2D eigenvalue weighted by molar-refractivity contribution is -0.139. The molecular formula is C21H28F3NO2. The number of piperidine rings is 1. The average molecular weight is 383 g/mol. The Kier molecular flexibility index (Phi) is 6.45. The molecule has 0 unspecified atom stereocenters. The van der Waals surface area contributed by atoms with E-state index >= 15 is 0 Å². The molecule has 1 saturated carbocycles. The average Bonchev–Trinajstić information content (AvgIpc) is 2.61. The Bertz CT molecular complexity index is 623. The number of aliphatic carboxylic acids is 1. The highest BCUT2D eigenvalue weighted by atomic mass is 19.4. The fourth-order valence-corrected chi connectivity index (χ4v) is 4.88. The van der Waals surface area contributed by atoms with Crippen molar-refractivity contribution in [3.05, 3.63) is 35.4 Å². The summed E-state index contributed by atoms with van der Waals surface area (Å²) in [6.07, 6.45) is 3.05. The van der Waals surface area contributed by atoms with Gasteiger partial charge in [-0.2, -0.15) is 13.2 Å². The van der Waals surface area contributed by atoms with Gasteiger partial charge in [0.2, 0.25) is 0 Å². The van der Waals surface area contributed by atoms with Crippen molar-refractivity contribution >= 4 is 5.97 Å². The van der Waals surface area contributed by atoms with Gasteiger partial charge in [-0.3, -0.25) is 9.69 Å². The predicted molar refractivity (Wildman–Crippen MR) is 97.1 cm³/mol. The minimum absolute atomic E-state index is 0.123. The number of alkyl halides is 3. The van der Waals surface area contributed by atoms with Crippen molar-refractivity contribution in [2.45, 2.75) is 57.7 Å². The minimum atomic E-state index is -4.32. The molecule has 150 valence electrons. The normalized spacial score (nSPS) is 25.4. The summed E-state index contributed by atoms with van der Waals surface area (Å²) in [5.41, 5.74) is 0.218. The zero-order valence-electron chi connectivity index (χ0n) is 15.5. The van der Waals surface area contributed by atoms with Gasteiger partial charge in [0.1, 0.15) is 0 Å². The number of hydrogen-bond acceptors (Lipinski definition) is 2. The third-order valence-electron chi connectivity index (χ3n) is 6.11. The molecule has 0 spiro atoms. The molecule has 0 radical (unpaired) electrons. The molecule has 1 aliphatic carbocycles. The van der Waals surface area contributed by atoms with E-state index in [0.29, 0.717) is 24.9 Å². The van der Waals surface area contributed by atoms with Crippen LogP contribution in [0.4, 0.5) is 13.2 Å². The molecule has 3 nitrogen and oxygen atoms in total. The fraction of sp³-hybridized carbons (Fsp3) is 0.667. The van der Waals surface area contributed by atoms with Gasteiger partial charge in [0.25, 0.3) is 0 Å². The molecule has 1 aliphatic heterocycles. The Labute approximate surface area is 158 Å². The monoisotopic (exact) mass is 383 g/mol. The zero-order valence-corrected chi connectivity index (χ0v) is 15.5. The van der Waals surface area contributed by atoms with Gasteiger partial charge in [-0.15, -0.1) is 0 Å². The lowest BCUT2D eigenvalue weighted by atomic mass is 9.73. The molecule has 0 aromatic heterocycles. The molecule has 3 rings (SSSR count). The molecule has 2 atom stereocenters. The maximum Gasteiger partial charge on any atom is 0.416 e. The quantitative estimate of drug-likeness (QED) is 0.760. The Balaban J connectivity index is 1.67. The van der Waals surface area contributed by atoms with Crippen LogP contribution >= 0.6 is 0 Å². The van der Waals surface area contributed by atoms with Crippen LogP contribution in [0.5, 0.6) is 0 Å². The number of hydrogen-bond donors (Lipinski definition) is 1. The molecule has 2 fully saturated rings. The van der Waals surface area contributed by atoms with Crippen LogP contribution in [0.2, 0.25) is 0 Å². The third-order valence-corrected chi connectivity index (χ3v) is 6.11. The van der Waals surface area contributed by atoms with E-state index in [1.54, 1.807) is 12.1 Å². The van der Waals surface area contributed by atoms with Crippen molar-refractivity contribution in [3.63, 3.8) is 0 Å². The molecular weight excluding hydrogens is 355 g/mol. The molecule has 0 bridgehead atoms. The van der Waals surface area contributed by atoms with Gasteiger partial charge in [0.15, 0.2) is 0 Å². The van der Waals surface area contributed by atoms with Crippen molar-refractivity contribution in [3.8, 4) is 0 Å². The number of carboxylic acid groups (broad SMARTS) is 1. The molecule has 1 aromatic carbocycles. The summed E-state index contributed by atoms with van der Waals surface area (Å²) < 4.78 is 38.2. The topological polar surface area (TPSA) is 40.5 Å². The lowest BCUT2D eigenvalue weighted by Gasteiger charge is -2.42. The smallest absolute Gasteiger partial charge is 0.416 e. The molecule has 1 saturated heterocycles. The van der Waals surface area contributed by atoms with Gasteiger partial charge in [0, 0.05) is 26.1 Å². The first-order valence-corrected chi connectivity index (χ1v) is 9.91. The summed E-state index contributed by atoms with van der Waals surface area (Å²) in [5.74, 6) is 0.514. The van der Waals surface area contributed by atoms with E-state index < -0.39 is 17.7 Å². The first-order valence-electron chi connectivity index (χ1n) is 9.91. The second-order valence-electron chi connectivity index (χ2n) is 8.25. The second-order valence-corrected chi connectivity index (χ2v) is 8.25. The largest absolute Gasteiger partial charge is 0.481 e. The second kappa shape index (κ2) is 8.63. The number of nitrogens with zero attached hydrogens (tertiary/aromatic N) is 1. The standard InChI is InChI=1S/C21H28F3NO2/c22-21(23,24)19-8-6-15(7-9-19)12-25-13-16(11-20(26)27)10-18(14-25)17-4-2-1-3-5-17/h6-9,16-18H,1-5,10-14H2,(H,26,27)/t16-,18+/m0/s1. The van der Waals surface area contributed by atoms with Gasteiger partial charge in [-0.1, -0.05) is 44.2 Å². The first-order chi connectivity index (χ1) is 12.8. The van der Waals surface area contributed by atoms with Crippen LogP contribution in [0.25, 0.3) is 0 Å². The van der Waals surface area contributed by atoms with E-state index in [4.69, 9.17) is 0 Å². The number of carbonyl (C=O) groups is 1. The summed E-state index contributed by atoms with van der Waals surface area (Å²) in [6, 6.07) is 5.34. The lowest BCUT2D eigenvalue weighted by Crippen LogP contribution is -2.43. The Morgan fingerprint density at radius 1 is 1.04 bits per heavy atom. The SMILES string of the molecule is O=C(O)C[C@@H]1C[C@@H](C2CCCCC2)CN(Cc2ccc(C(F)(F)F)cc2)C1. The van der Waals surface area contributed by atoms with E-state index in [9.17, 15) is 23.1 Å². The van der Waals surface area contributed by atoms with E-state index in [1.807, 2.05) is 0 Å². The predicted octanol–water partition coefficient (Wildman–Crippen LogP) is 5.20. The molecule has 1 aromatic rings. The van der Waals surface area contributed by atoms with Crippen LogP contribution < -0.4 is 0 Å². The van der Waals surface area contributed by atoms with E-state index in [0.717, 1.165) is 30.7 Å². The van der Waals surface area contributed by atoms with E-state index in [-0.39, 0.29) is 12.3 Å². The molecule has 1 heterocycles. The Hall–Kier alpha value is -1.56. The van der Waals surface area contributed by atoms with Gasteiger partial charge in [-0.25, -0.2) is 0 Å². The number of carboxylic acids is 1. The highest BCUT2D eigenvalue weighted by Gasteiger charge is 2.34. The molecule has 2 aliphatic rings. The molecule has 6 heteroatoms. The highest BCUT2D eigenvalue weighted by Crippen LogP contribution is 2.38. The summed E-state index contributed by atoms with van der Waals surface area (Å²) in [4.78, 5) is 13.5. The Morgan fingerprint density at radius 3 is 2.30 bits per heavy atom. The number of rotatable bonds is 5. The molecule has 27 heavy (non-hydrogen) atoms. The van der Waals surface area contributed by atoms with Crippen LogP contribution in [0.3, 0.4) is 0 Å². The summed E-state index contributed by atoms with van der Waals surface area (Å²) in [5, 5.41) is 9.22. The molecule has 1 N–H and O–H groups in total. The summed E-state index contributed by atoms with van der Waals surface area (Å²) >= 11 is 0. The number of likely N-dealkylation sites (tertiary alicyclic amines) is 1. The van der Waals surface area contributed by atoms with Gasteiger partial charge >= 0.3 is 12.1 Å². The summed E-state index contributed by atoms with van der Waals surface area (Å²) in [7, 11) is 0. The van der Waals surface area contributed by atoms with Gasteiger partial charge in [-0.05, 0) is 41.9 Å². The van der Waals surface area contributed by atoms with Gasteiger partial charge in [0.05, 0.1) is 5.56 Å². The van der Waals surface area contributed by atoms with E-state index in [1.165, 1.54) is 32.1 Å². The number of halogens is 3. The number of benzene rings is 1. The maximum atomic E-state index is 12.7. The van der Waals surface area contributed by atoms with Crippen LogP contribution in [0, 0.1) is 17.8 Å². The third kappa shape index (κ3) is 5.71. The highest BCUT2D eigenvalue weighted by molar-refractivity contribution is 5.67. The molecule has 0 amide bonds. The van der Waals surface area contributed by atoms with Gasteiger partial charge < -0.3 is 5.11 Å². The van der Waals surface area contributed by atoms with Crippen LogP contribution in [0.15, 0.2) is 24.3 Å². The van der Waals surface area contributed by atoms with Crippen molar-refractivity contribution in [1.82, 2.24) is 4.90 Å². The van der Waals surface area contributed by atoms with E-state index in [2.05, 4.69) is 4.90 Å². The van der Waals surface area contributed by atoms with Crippen molar-refractivity contribution < 1.29 is 23.1 Å². The van der Waals surface area contributed by atoms with Crippen LogP contribution in [-0.4, -0.2) is 29.1 Å². The summed E-state index contributed by atoms with van der Waals surface area (Å²) in [6.45, 7) is 2.20. The van der Waals surface area contributed by atoms with Crippen LogP contribution in [-0.2, 0) is 17.5 Å². The fourth-order valence-electron chi connectivity index (χ4n) is 4.88. The van der Waals surface area contributed by atoms with Crippen LogP contribution in [0.1, 0.15) is 56.1 Å².